The zero-order valence-corrected chi connectivity index (χ0v) is 9.12. The lowest BCUT2D eigenvalue weighted by Gasteiger charge is -2.09. The topological polar surface area (TPSA) is 42.7 Å². The van der Waals surface area contributed by atoms with Crippen molar-refractivity contribution >= 4 is 0 Å². The van der Waals surface area contributed by atoms with E-state index in [9.17, 15) is 0 Å². The predicted octanol–water partition coefficient (Wildman–Crippen LogP) is 1.52. The van der Waals surface area contributed by atoms with Gasteiger partial charge in [-0.2, -0.15) is 5.10 Å². The molecule has 0 saturated carbocycles. The Balaban J connectivity index is 2.50. The van der Waals surface area contributed by atoms with E-state index in [4.69, 9.17) is 0 Å². The molecule has 0 spiro atoms. The van der Waals surface area contributed by atoms with Crippen LogP contribution in [0.25, 0.3) is 0 Å². The van der Waals surface area contributed by atoms with E-state index in [2.05, 4.69) is 35.8 Å². The first-order valence-corrected chi connectivity index (χ1v) is 4.84. The van der Waals surface area contributed by atoms with Gasteiger partial charge in [-0.25, -0.2) is 9.67 Å². The molecular weight excluding hydrogens is 176 g/mol. The number of hydrogen-bond acceptors (Lipinski definition) is 3. The van der Waals surface area contributed by atoms with Crippen molar-refractivity contribution in [3.63, 3.8) is 0 Å². The molecule has 0 amide bonds. The summed E-state index contributed by atoms with van der Waals surface area (Å²) in [5, 5.41) is 7.42. The van der Waals surface area contributed by atoms with Crippen LogP contribution in [0.2, 0.25) is 0 Å². The standard InChI is InChI=1S/C10H18N4/c1-8(2)5-11-6-10-12-7-13-14(10)9(3)4/h7,9,11H,1,5-6H2,2-4H3. The predicted molar refractivity (Wildman–Crippen MR) is 56.9 cm³/mol. The van der Waals surface area contributed by atoms with E-state index < -0.39 is 0 Å². The van der Waals surface area contributed by atoms with Gasteiger partial charge < -0.3 is 5.32 Å². The molecule has 0 bridgehead atoms. The van der Waals surface area contributed by atoms with Crippen LogP contribution in [0.4, 0.5) is 0 Å². The number of nitrogens with zero attached hydrogens (tertiary/aromatic N) is 3. The molecule has 4 heteroatoms. The highest BCUT2D eigenvalue weighted by Crippen LogP contribution is 2.04. The zero-order valence-electron chi connectivity index (χ0n) is 9.12. The molecule has 14 heavy (non-hydrogen) atoms. The molecule has 1 aromatic heterocycles. The highest BCUT2D eigenvalue weighted by Gasteiger charge is 2.05. The summed E-state index contributed by atoms with van der Waals surface area (Å²) in [4.78, 5) is 4.19. The van der Waals surface area contributed by atoms with E-state index in [1.807, 2.05) is 11.6 Å². The first kappa shape index (κ1) is 10.9. The van der Waals surface area contributed by atoms with E-state index in [1.165, 1.54) is 0 Å². The SMILES string of the molecule is C=C(C)CNCc1ncnn1C(C)C. The van der Waals surface area contributed by atoms with Crippen molar-refractivity contribution in [2.75, 3.05) is 6.54 Å². The Bertz CT molecular complexity index is 301. The summed E-state index contributed by atoms with van der Waals surface area (Å²) < 4.78 is 1.92. The fourth-order valence-corrected chi connectivity index (χ4v) is 1.22. The van der Waals surface area contributed by atoms with Crippen LogP contribution in [-0.2, 0) is 6.54 Å². The second-order valence-corrected chi connectivity index (χ2v) is 3.78. The fraction of sp³-hybridized carbons (Fsp3) is 0.600. The van der Waals surface area contributed by atoms with Crippen molar-refractivity contribution in [2.45, 2.75) is 33.4 Å². The molecule has 0 fully saturated rings. The molecule has 0 aliphatic heterocycles. The summed E-state index contributed by atoms with van der Waals surface area (Å²) in [5.41, 5.74) is 1.13. The summed E-state index contributed by atoms with van der Waals surface area (Å²) in [5.74, 6) is 0.973. The molecule has 0 aliphatic carbocycles. The minimum absolute atomic E-state index is 0.360. The van der Waals surface area contributed by atoms with Crippen LogP contribution in [0.15, 0.2) is 18.5 Å². The Morgan fingerprint density at radius 2 is 2.36 bits per heavy atom. The fourth-order valence-electron chi connectivity index (χ4n) is 1.22. The van der Waals surface area contributed by atoms with Gasteiger partial charge in [-0.15, -0.1) is 0 Å². The van der Waals surface area contributed by atoms with Crippen molar-refractivity contribution in [2.24, 2.45) is 0 Å². The number of aromatic nitrogens is 3. The molecule has 1 rings (SSSR count). The Morgan fingerprint density at radius 1 is 1.64 bits per heavy atom. The third kappa shape index (κ3) is 2.96. The van der Waals surface area contributed by atoms with Crippen LogP contribution in [0.1, 0.15) is 32.6 Å². The van der Waals surface area contributed by atoms with E-state index in [0.717, 1.165) is 24.5 Å². The second kappa shape index (κ2) is 4.91. The zero-order chi connectivity index (χ0) is 10.6. The summed E-state index contributed by atoms with van der Waals surface area (Å²) >= 11 is 0. The summed E-state index contributed by atoms with van der Waals surface area (Å²) in [6.45, 7) is 11.6. The summed E-state index contributed by atoms with van der Waals surface area (Å²) in [6.07, 6.45) is 1.60. The lowest BCUT2D eigenvalue weighted by molar-refractivity contribution is 0.493. The van der Waals surface area contributed by atoms with Crippen LogP contribution < -0.4 is 5.32 Å². The molecule has 1 N–H and O–H groups in total. The minimum Gasteiger partial charge on any atom is -0.306 e. The average molecular weight is 194 g/mol. The molecule has 0 atom stereocenters. The Kier molecular flexibility index (Phi) is 3.83. The molecular formula is C10H18N4. The number of hydrogen-bond donors (Lipinski definition) is 1. The minimum atomic E-state index is 0.360. The van der Waals surface area contributed by atoms with Crippen LogP contribution >= 0.6 is 0 Å². The van der Waals surface area contributed by atoms with Gasteiger partial charge in [-0.3, -0.25) is 0 Å². The van der Waals surface area contributed by atoms with Crippen LogP contribution in [0.5, 0.6) is 0 Å². The molecule has 1 heterocycles. The maximum Gasteiger partial charge on any atom is 0.141 e. The molecule has 0 saturated heterocycles. The first-order valence-electron chi connectivity index (χ1n) is 4.84. The average Bonchev–Trinajstić information content (AvgIpc) is 2.51. The van der Waals surface area contributed by atoms with Gasteiger partial charge in [0.05, 0.1) is 6.54 Å². The first-order chi connectivity index (χ1) is 6.61. The lowest BCUT2D eigenvalue weighted by atomic mass is 10.3. The lowest BCUT2D eigenvalue weighted by Crippen LogP contribution is -2.19. The van der Waals surface area contributed by atoms with Gasteiger partial charge in [0.15, 0.2) is 0 Å². The van der Waals surface area contributed by atoms with Gasteiger partial charge in [0.25, 0.3) is 0 Å². The Labute approximate surface area is 85.0 Å². The van der Waals surface area contributed by atoms with E-state index in [-0.39, 0.29) is 0 Å². The van der Waals surface area contributed by atoms with Crippen molar-refractivity contribution in [3.8, 4) is 0 Å². The normalized spacial score (nSPS) is 10.9. The molecule has 0 aliphatic rings. The van der Waals surface area contributed by atoms with Crippen molar-refractivity contribution < 1.29 is 0 Å². The maximum atomic E-state index is 4.19. The molecule has 0 aromatic carbocycles. The molecule has 1 aromatic rings. The van der Waals surface area contributed by atoms with E-state index in [0.29, 0.717) is 6.04 Å². The van der Waals surface area contributed by atoms with Crippen molar-refractivity contribution in [1.82, 2.24) is 20.1 Å². The monoisotopic (exact) mass is 194 g/mol. The maximum absolute atomic E-state index is 4.19. The van der Waals surface area contributed by atoms with Crippen LogP contribution in [0, 0.1) is 0 Å². The van der Waals surface area contributed by atoms with Gasteiger partial charge in [0, 0.05) is 12.6 Å². The largest absolute Gasteiger partial charge is 0.306 e. The molecule has 78 valence electrons. The third-order valence-electron chi connectivity index (χ3n) is 1.85. The van der Waals surface area contributed by atoms with Gasteiger partial charge in [0.2, 0.25) is 0 Å². The summed E-state index contributed by atoms with van der Waals surface area (Å²) in [7, 11) is 0. The number of rotatable bonds is 5. The summed E-state index contributed by atoms with van der Waals surface area (Å²) in [6, 6.07) is 0.360. The molecule has 0 unspecified atom stereocenters. The van der Waals surface area contributed by atoms with Gasteiger partial charge >= 0.3 is 0 Å². The van der Waals surface area contributed by atoms with Gasteiger partial charge in [-0.05, 0) is 20.8 Å². The smallest absolute Gasteiger partial charge is 0.141 e. The van der Waals surface area contributed by atoms with Crippen molar-refractivity contribution in [1.29, 1.82) is 0 Å². The van der Waals surface area contributed by atoms with E-state index >= 15 is 0 Å². The third-order valence-corrected chi connectivity index (χ3v) is 1.85. The van der Waals surface area contributed by atoms with Crippen LogP contribution in [0.3, 0.4) is 0 Å². The van der Waals surface area contributed by atoms with Crippen LogP contribution in [-0.4, -0.2) is 21.3 Å². The Hall–Kier alpha value is -1.16. The quantitative estimate of drug-likeness (QED) is 0.723. The van der Waals surface area contributed by atoms with Gasteiger partial charge in [-0.1, -0.05) is 12.2 Å². The second-order valence-electron chi connectivity index (χ2n) is 3.78. The van der Waals surface area contributed by atoms with Gasteiger partial charge in [0.1, 0.15) is 12.2 Å². The highest BCUT2D eigenvalue weighted by atomic mass is 15.3. The van der Waals surface area contributed by atoms with Crippen molar-refractivity contribution in [3.05, 3.63) is 24.3 Å². The molecule has 4 nitrogen and oxygen atoms in total. The van der Waals surface area contributed by atoms with E-state index in [1.54, 1.807) is 6.33 Å². The Morgan fingerprint density at radius 3 is 2.93 bits per heavy atom. The highest BCUT2D eigenvalue weighted by molar-refractivity contribution is 4.93. The number of nitrogens with one attached hydrogen (secondary N) is 1. The molecule has 0 radical (unpaired) electrons.